The van der Waals surface area contributed by atoms with E-state index in [9.17, 15) is 19.2 Å². The van der Waals surface area contributed by atoms with Gasteiger partial charge < -0.3 is 19.4 Å². The molecule has 0 saturated carbocycles. The highest BCUT2D eigenvalue weighted by Crippen LogP contribution is 2.34. The average Bonchev–Trinajstić information content (AvgIpc) is 3.38. The summed E-state index contributed by atoms with van der Waals surface area (Å²) < 4.78 is 13.1. The molecule has 0 aliphatic carbocycles. The minimum absolute atomic E-state index is 0.0355. The van der Waals surface area contributed by atoms with Crippen molar-refractivity contribution in [2.45, 2.75) is 103 Å². The second-order valence-electron chi connectivity index (χ2n) is 13.3. The van der Waals surface area contributed by atoms with Crippen LogP contribution >= 0.6 is 11.6 Å². The monoisotopic (exact) mass is 743 g/mol. The molecule has 0 spiro atoms. The third-order valence-electron chi connectivity index (χ3n) is 9.53. The normalized spacial score (nSPS) is 15.0. The van der Waals surface area contributed by atoms with E-state index in [1.54, 1.807) is 54.0 Å². The van der Waals surface area contributed by atoms with Crippen LogP contribution in [0.4, 0.5) is 10.5 Å². The molecule has 53 heavy (non-hydrogen) atoms. The number of ether oxygens (including phenoxy) is 2. The van der Waals surface area contributed by atoms with Crippen LogP contribution in [0.15, 0.2) is 77.6 Å². The van der Waals surface area contributed by atoms with E-state index in [1.807, 2.05) is 30.3 Å². The number of rotatable bonds is 20. The average molecular weight is 744 g/mol. The number of methoxy groups -OCH3 is 1. The summed E-state index contributed by atoms with van der Waals surface area (Å²) in [4.78, 5) is 63.8. The molecule has 2 atom stereocenters. The first-order chi connectivity index (χ1) is 25.8. The van der Waals surface area contributed by atoms with E-state index < -0.39 is 35.7 Å². The number of imide groups is 1. The summed E-state index contributed by atoms with van der Waals surface area (Å²) in [5, 5.41) is 3.49. The van der Waals surface area contributed by atoms with Crippen LogP contribution in [0.5, 0.6) is 5.75 Å². The third-order valence-corrected chi connectivity index (χ3v) is 9.76. The molecular formula is C41H50ClN5O6. The van der Waals surface area contributed by atoms with Crippen molar-refractivity contribution in [1.29, 1.82) is 0 Å². The standard InChI is InChI=1S/C41H50ClN5O6/c1-4-6-7-8-9-10-11-12-13-19-26-45-33-25-24-30(42)27-31(33)37(48)44-36(45)35(38(49)43-32-22-17-18-23-34(32)52-3)47-39(50)40(53-5-2)46(41(47)51)28-29-20-15-14-16-21-29/h14-18,20-25,27,35,40H,4-13,19,26,28H2,1-3H3,(H,43,49). The number of urea groups is 1. The Bertz CT molecular complexity index is 1920. The van der Waals surface area contributed by atoms with Crippen LogP contribution in [0.2, 0.25) is 5.02 Å². The molecule has 5 rings (SSSR count). The maximum Gasteiger partial charge on any atom is 0.330 e. The number of hydrogen-bond donors (Lipinski definition) is 1. The van der Waals surface area contributed by atoms with Crippen LogP contribution < -0.4 is 15.6 Å². The van der Waals surface area contributed by atoms with E-state index in [4.69, 9.17) is 21.1 Å². The molecule has 282 valence electrons. The molecule has 3 aromatic carbocycles. The molecule has 1 aromatic heterocycles. The number of anilines is 1. The van der Waals surface area contributed by atoms with Gasteiger partial charge in [-0.1, -0.05) is 119 Å². The van der Waals surface area contributed by atoms with Crippen molar-refractivity contribution in [2.75, 3.05) is 19.0 Å². The predicted octanol–water partition coefficient (Wildman–Crippen LogP) is 8.49. The Morgan fingerprint density at radius 1 is 0.868 bits per heavy atom. The summed E-state index contributed by atoms with van der Waals surface area (Å²) in [5.74, 6) is -1.14. The number of unbranched alkanes of at least 4 members (excludes halogenated alkanes) is 9. The fourth-order valence-electron chi connectivity index (χ4n) is 6.84. The zero-order valence-corrected chi connectivity index (χ0v) is 31.6. The van der Waals surface area contributed by atoms with Crippen molar-refractivity contribution in [3.05, 3.63) is 99.6 Å². The van der Waals surface area contributed by atoms with Gasteiger partial charge in [0.2, 0.25) is 6.23 Å². The first kappa shape index (κ1) is 39.5. The van der Waals surface area contributed by atoms with Crippen LogP contribution in [0.25, 0.3) is 10.9 Å². The SMILES string of the molecule is CCCCCCCCCCCCn1c(C(C(=O)Nc2ccccc2OC)N2C(=O)C(OCC)N(Cc3ccccc3)C2=O)nc(=O)c2cc(Cl)ccc21. The van der Waals surface area contributed by atoms with E-state index in [1.165, 1.54) is 50.5 Å². The predicted molar refractivity (Wildman–Crippen MR) is 207 cm³/mol. The van der Waals surface area contributed by atoms with Gasteiger partial charge >= 0.3 is 6.03 Å². The fourth-order valence-corrected chi connectivity index (χ4v) is 7.01. The summed E-state index contributed by atoms with van der Waals surface area (Å²) in [5.41, 5.74) is 0.960. The molecular weight excluding hydrogens is 694 g/mol. The fraction of sp³-hybridized carbons (Fsp3) is 0.439. The highest BCUT2D eigenvalue weighted by Gasteiger charge is 2.52. The minimum Gasteiger partial charge on any atom is -0.495 e. The quantitative estimate of drug-likeness (QED) is 0.0712. The number of nitrogens with one attached hydrogen (secondary N) is 1. The zero-order chi connectivity index (χ0) is 37.7. The van der Waals surface area contributed by atoms with Gasteiger partial charge in [-0.3, -0.25) is 19.3 Å². The number of carbonyl (C=O) groups excluding carboxylic acids is 3. The van der Waals surface area contributed by atoms with Crippen molar-refractivity contribution in [3.8, 4) is 5.75 Å². The molecule has 4 aromatic rings. The molecule has 1 aliphatic heterocycles. The van der Waals surface area contributed by atoms with E-state index in [0.29, 0.717) is 28.5 Å². The Labute approximate surface area is 316 Å². The van der Waals surface area contributed by atoms with E-state index >= 15 is 0 Å². The number of aromatic nitrogens is 2. The van der Waals surface area contributed by atoms with Gasteiger partial charge in [-0.15, -0.1) is 0 Å². The topological polar surface area (TPSA) is 123 Å². The number of amides is 4. The number of para-hydroxylation sites is 2. The summed E-state index contributed by atoms with van der Waals surface area (Å²) in [6.07, 6.45) is 9.93. The Hall–Kier alpha value is -4.74. The van der Waals surface area contributed by atoms with Gasteiger partial charge in [-0.2, -0.15) is 4.98 Å². The molecule has 0 bridgehead atoms. The third kappa shape index (κ3) is 9.63. The first-order valence-corrected chi connectivity index (χ1v) is 19.1. The maximum absolute atomic E-state index is 14.6. The van der Waals surface area contributed by atoms with Crippen molar-refractivity contribution >= 4 is 46.0 Å². The second kappa shape index (κ2) is 19.4. The summed E-state index contributed by atoms with van der Waals surface area (Å²) in [6.45, 7) is 4.53. The maximum atomic E-state index is 14.6. The van der Waals surface area contributed by atoms with Crippen molar-refractivity contribution < 1.29 is 23.9 Å². The van der Waals surface area contributed by atoms with Gasteiger partial charge in [0.05, 0.1) is 30.2 Å². The van der Waals surface area contributed by atoms with Crippen molar-refractivity contribution in [2.24, 2.45) is 0 Å². The smallest absolute Gasteiger partial charge is 0.330 e. The number of benzene rings is 3. The zero-order valence-electron chi connectivity index (χ0n) is 30.9. The molecule has 0 radical (unpaired) electrons. The van der Waals surface area contributed by atoms with Crippen molar-refractivity contribution in [3.63, 3.8) is 0 Å². The van der Waals surface area contributed by atoms with E-state index in [-0.39, 0.29) is 24.4 Å². The molecule has 1 N–H and O–H groups in total. The molecule has 2 unspecified atom stereocenters. The Kier molecular flexibility index (Phi) is 14.4. The lowest BCUT2D eigenvalue weighted by Crippen LogP contribution is -2.44. The highest BCUT2D eigenvalue weighted by atomic mass is 35.5. The van der Waals surface area contributed by atoms with Crippen LogP contribution in [0.3, 0.4) is 0 Å². The summed E-state index contributed by atoms with van der Waals surface area (Å²) in [6, 6.07) is 18.6. The Morgan fingerprint density at radius 3 is 2.21 bits per heavy atom. The van der Waals surface area contributed by atoms with Crippen LogP contribution in [0.1, 0.15) is 95.5 Å². The van der Waals surface area contributed by atoms with Crippen LogP contribution in [-0.2, 0) is 27.4 Å². The molecule has 11 nitrogen and oxygen atoms in total. The minimum atomic E-state index is -1.64. The van der Waals surface area contributed by atoms with Crippen LogP contribution in [0, 0.1) is 0 Å². The van der Waals surface area contributed by atoms with Gasteiger partial charge in [0, 0.05) is 18.2 Å². The van der Waals surface area contributed by atoms with E-state index in [0.717, 1.165) is 36.1 Å². The van der Waals surface area contributed by atoms with Gasteiger partial charge in [0.25, 0.3) is 17.4 Å². The van der Waals surface area contributed by atoms with Gasteiger partial charge in [-0.05, 0) is 49.2 Å². The second-order valence-corrected chi connectivity index (χ2v) is 13.7. The lowest BCUT2D eigenvalue weighted by molar-refractivity contribution is -0.145. The molecule has 4 amide bonds. The number of fused-ring (bicyclic) bond motifs is 1. The number of nitrogens with zero attached hydrogens (tertiary/aromatic N) is 4. The van der Waals surface area contributed by atoms with Gasteiger partial charge in [0.15, 0.2) is 6.04 Å². The first-order valence-electron chi connectivity index (χ1n) is 18.7. The molecule has 1 saturated heterocycles. The molecule has 2 heterocycles. The summed E-state index contributed by atoms with van der Waals surface area (Å²) in [7, 11) is 1.48. The molecule has 12 heteroatoms. The Balaban J connectivity index is 1.55. The largest absolute Gasteiger partial charge is 0.495 e. The molecule has 1 aliphatic rings. The van der Waals surface area contributed by atoms with Crippen molar-refractivity contribution in [1.82, 2.24) is 19.4 Å². The van der Waals surface area contributed by atoms with Crippen LogP contribution in [-0.4, -0.2) is 57.1 Å². The van der Waals surface area contributed by atoms with Gasteiger partial charge in [-0.25, -0.2) is 9.69 Å². The number of hydrogen-bond acceptors (Lipinski definition) is 7. The summed E-state index contributed by atoms with van der Waals surface area (Å²) >= 11 is 6.33. The molecule has 1 fully saturated rings. The van der Waals surface area contributed by atoms with E-state index in [2.05, 4.69) is 17.2 Å². The number of aryl methyl sites for hydroxylation is 1. The lowest BCUT2D eigenvalue weighted by atomic mass is 10.1. The Morgan fingerprint density at radius 2 is 1.53 bits per heavy atom. The number of halogens is 1. The number of carbonyl (C=O) groups is 3. The highest BCUT2D eigenvalue weighted by molar-refractivity contribution is 6.31. The lowest BCUT2D eigenvalue weighted by Gasteiger charge is -2.28. The van der Waals surface area contributed by atoms with Gasteiger partial charge in [0.1, 0.15) is 11.6 Å².